The molecule has 19 heavy (non-hydrogen) atoms. The van der Waals surface area contributed by atoms with Gasteiger partial charge in [0.25, 0.3) is 5.69 Å². The molecular formula is C12H15BrN2O4. The SMILES string of the molecule is CCOC(=O)C(C)NCc1cc(Br)cc([N+](=O)[O-])c1. The van der Waals surface area contributed by atoms with E-state index in [1.54, 1.807) is 19.9 Å². The molecule has 0 aliphatic rings. The predicted molar refractivity (Wildman–Crippen MR) is 73.7 cm³/mol. The zero-order valence-corrected chi connectivity index (χ0v) is 12.3. The number of nitro benzene ring substituents is 1. The molecule has 0 amide bonds. The van der Waals surface area contributed by atoms with Crippen molar-refractivity contribution in [2.75, 3.05) is 6.61 Å². The third-order valence-corrected chi connectivity index (χ3v) is 2.86. The number of nitro groups is 1. The maximum Gasteiger partial charge on any atom is 0.322 e. The van der Waals surface area contributed by atoms with Crippen LogP contribution in [0.25, 0.3) is 0 Å². The van der Waals surface area contributed by atoms with Gasteiger partial charge in [0.15, 0.2) is 0 Å². The molecule has 0 saturated carbocycles. The van der Waals surface area contributed by atoms with Crippen molar-refractivity contribution in [2.45, 2.75) is 26.4 Å². The van der Waals surface area contributed by atoms with Crippen LogP contribution in [0.2, 0.25) is 0 Å². The van der Waals surface area contributed by atoms with E-state index < -0.39 is 11.0 Å². The first-order valence-electron chi connectivity index (χ1n) is 5.78. The van der Waals surface area contributed by atoms with Gasteiger partial charge < -0.3 is 10.1 Å². The fourth-order valence-corrected chi connectivity index (χ4v) is 1.99. The molecule has 6 nitrogen and oxygen atoms in total. The quantitative estimate of drug-likeness (QED) is 0.492. The van der Waals surface area contributed by atoms with Gasteiger partial charge in [0.2, 0.25) is 0 Å². The molecule has 1 aromatic carbocycles. The number of halogens is 1. The molecule has 0 spiro atoms. The van der Waals surface area contributed by atoms with Gasteiger partial charge in [0, 0.05) is 23.2 Å². The van der Waals surface area contributed by atoms with Gasteiger partial charge in [0.1, 0.15) is 6.04 Å². The second-order valence-corrected chi connectivity index (χ2v) is 4.85. The molecule has 0 bridgehead atoms. The molecule has 0 aliphatic carbocycles. The van der Waals surface area contributed by atoms with E-state index >= 15 is 0 Å². The number of nitrogens with one attached hydrogen (secondary N) is 1. The monoisotopic (exact) mass is 330 g/mol. The summed E-state index contributed by atoms with van der Waals surface area (Å²) in [7, 11) is 0. The Morgan fingerprint density at radius 3 is 2.79 bits per heavy atom. The summed E-state index contributed by atoms with van der Waals surface area (Å²) >= 11 is 3.22. The van der Waals surface area contributed by atoms with Crippen LogP contribution in [-0.2, 0) is 16.1 Å². The Hall–Kier alpha value is -1.47. The fourth-order valence-electron chi connectivity index (χ4n) is 1.46. The number of esters is 1. The third-order valence-electron chi connectivity index (χ3n) is 2.41. The van der Waals surface area contributed by atoms with E-state index in [0.717, 1.165) is 5.56 Å². The molecule has 0 saturated heterocycles. The van der Waals surface area contributed by atoms with Crippen LogP contribution in [0.1, 0.15) is 19.4 Å². The number of non-ortho nitro benzene ring substituents is 1. The standard InChI is InChI=1S/C12H15BrN2O4/c1-3-19-12(16)8(2)14-7-9-4-10(13)6-11(5-9)15(17)18/h4-6,8,14H,3,7H2,1-2H3. The Balaban J connectivity index is 2.67. The maximum absolute atomic E-state index is 11.4. The Labute approximate surface area is 119 Å². The van der Waals surface area contributed by atoms with Crippen molar-refractivity contribution >= 4 is 27.6 Å². The van der Waals surface area contributed by atoms with E-state index in [4.69, 9.17) is 4.74 Å². The summed E-state index contributed by atoms with van der Waals surface area (Å²) in [6, 6.07) is 4.20. The highest BCUT2D eigenvalue weighted by atomic mass is 79.9. The number of ether oxygens (including phenoxy) is 1. The van der Waals surface area contributed by atoms with E-state index in [1.807, 2.05) is 0 Å². The van der Waals surface area contributed by atoms with E-state index in [0.29, 0.717) is 17.6 Å². The van der Waals surface area contributed by atoms with Crippen molar-refractivity contribution in [2.24, 2.45) is 0 Å². The van der Waals surface area contributed by atoms with E-state index in [9.17, 15) is 14.9 Å². The first-order chi connectivity index (χ1) is 8.93. The van der Waals surface area contributed by atoms with Crippen molar-refractivity contribution in [3.05, 3.63) is 38.3 Å². The highest BCUT2D eigenvalue weighted by Gasteiger charge is 2.14. The third kappa shape index (κ3) is 4.96. The molecule has 1 N–H and O–H groups in total. The molecule has 7 heteroatoms. The van der Waals surface area contributed by atoms with Gasteiger partial charge in [-0.15, -0.1) is 0 Å². The second kappa shape index (κ2) is 7.20. The topological polar surface area (TPSA) is 81.5 Å². The van der Waals surface area contributed by atoms with Gasteiger partial charge in [-0.05, 0) is 25.5 Å². The van der Waals surface area contributed by atoms with Crippen molar-refractivity contribution in [3.8, 4) is 0 Å². The van der Waals surface area contributed by atoms with Crippen LogP contribution in [-0.4, -0.2) is 23.5 Å². The molecule has 0 radical (unpaired) electrons. The average Bonchev–Trinajstić information content (AvgIpc) is 2.35. The lowest BCUT2D eigenvalue weighted by atomic mass is 10.2. The summed E-state index contributed by atoms with van der Waals surface area (Å²) in [5.41, 5.74) is 0.729. The highest BCUT2D eigenvalue weighted by Crippen LogP contribution is 2.21. The lowest BCUT2D eigenvalue weighted by Crippen LogP contribution is -2.34. The smallest absolute Gasteiger partial charge is 0.322 e. The van der Waals surface area contributed by atoms with Crippen LogP contribution in [0.5, 0.6) is 0 Å². The summed E-state index contributed by atoms with van der Waals surface area (Å²) in [6.07, 6.45) is 0. The molecule has 1 aromatic rings. The van der Waals surface area contributed by atoms with Gasteiger partial charge in [-0.2, -0.15) is 0 Å². The lowest BCUT2D eigenvalue weighted by Gasteiger charge is -2.12. The molecule has 104 valence electrons. The Bertz CT molecular complexity index is 479. The van der Waals surface area contributed by atoms with E-state index in [-0.39, 0.29) is 11.7 Å². The number of hydrogen-bond donors (Lipinski definition) is 1. The Morgan fingerprint density at radius 1 is 1.53 bits per heavy atom. The molecule has 1 rings (SSSR count). The van der Waals surface area contributed by atoms with Gasteiger partial charge in [0.05, 0.1) is 11.5 Å². The fraction of sp³-hybridized carbons (Fsp3) is 0.417. The van der Waals surface area contributed by atoms with Crippen LogP contribution in [0.3, 0.4) is 0 Å². The van der Waals surface area contributed by atoms with Gasteiger partial charge in [-0.1, -0.05) is 15.9 Å². The molecule has 1 unspecified atom stereocenters. The van der Waals surface area contributed by atoms with E-state index in [1.165, 1.54) is 12.1 Å². The minimum atomic E-state index is -0.460. The largest absolute Gasteiger partial charge is 0.465 e. The molecule has 0 aromatic heterocycles. The van der Waals surface area contributed by atoms with Crippen LogP contribution >= 0.6 is 15.9 Å². The van der Waals surface area contributed by atoms with Gasteiger partial charge in [-0.25, -0.2) is 0 Å². The number of benzene rings is 1. The van der Waals surface area contributed by atoms with Crippen LogP contribution in [0.4, 0.5) is 5.69 Å². The van der Waals surface area contributed by atoms with Gasteiger partial charge >= 0.3 is 5.97 Å². The zero-order valence-electron chi connectivity index (χ0n) is 10.7. The number of carbonyl (C=O) groups is 1. The minimum Gasteiger partial charge on any atom is -0.465 e. The lowest BCUT2D eigenvalue weighted by molar-refractivity contribution is -0.385. The number of hydrogen-bond acceptors (Lipinski definition) is 5. The molecule has 0 heterocycles. The first-order valence-corrected chi connectivity index (χ1v) is 6.57. The first kappa shape index (κ1) is 15.6. The van der Waals surface area contributed by atoms with Crippen molar-refractivity contribution < 1.29 is 14.5 Å². The molecule has 0 aliphatic heterocycles. The Morgan fingerprint density at radius 2 is 2.21 bits per heavy atom. The number of carbonyl (C=O) groups excluding carboxylic acids is 1. The van der Waals surface area contributed by atoms with Crippen molar-refractivity contribution in [1.29, 1.82) is 0 Å². The van der Waals surface area contributed by atoms with Crippen LogP contribution in [0, 0.1) is 10.1 Å². The van der Waals surface area contributed by atoms with Crippen LogP contribution in [0.15, 0.2) is 22.7 Å². The normalized spacial score (nSPS) is 11.9. The summed E-state index contributed by atoms with van der Waals surface area (Å²) < 4.78 is 5.49. The molecular weight excluding hydrogens is 316 g/mol. The summed E-state index contributed by atoms with van der Waals surface area (Å²) in [6.45, 7) is 4.10. The zero-order chi connectivity index (χ0) is 14.4. The summed E-state index contributed by atoms with van der Waals surface area (Å²) in [5.74, 6) is -0.341. The van der Waals surface area contributed by atoms with E-state index in [2.05, 4.69) is 21.2 Å². The highest BCUT2D eigenvalue weighted by molar-refractivity contribution is 9.10. The van der Waals surface area contributed by atoms with Gasteiger partial charge in [-0.3, -0.25) is 14.9 Å². The average molecular weight is 331 g/mol. The molecule has 1 atom stereocenters. The maximum atomic E-state index is 11.4. The number of rotatable bonds is 6. The number of nitrogens with zero attached hydrogens (tertiary/aromatic N) is 1. The van der Waals surface area contributed by atoms with Crippen molar-refractivity contribution in [1.82, 2.24) is 5.32 Å². The van der Waals surface area contributed by atoms with Crippen molar-refractivity contribution in [3.63, 3.8) is 0 Å². The van der Waals surface area contributed by atoms with Crippen LogP contribution < -0.4 is 5.32 Å². The molecule has 0 fully saturated rings. The summed E-state index contributed by atoms with van der Waals surface area (Å²) in [4.78, 5) is 21.7. The predicted octanol–water partition coefficient (Wildman–Crippen LogP) is 2.40. The Kier molecular flexibility index (Phi) is 5.91. The second-order valence-electron chi connectivity index (χ2n) is 3.93. The summed E-state index contributed by atoms with van der Waals surface area (Å²) in [5, 5.41) is 13.7. The minimum absolute atomic E-state index is 0.00922.